The zero-order valence-electron chi connectivity index (χ0n) is 11.0. The minimum absolute atomic E-state index is 0.129. The summed E-state index contributed by atoms with van der Waals surface area (Å²) in [6.45, 7) is 3.62. The zero-order valence-corrected chi connectivity index (χ0v) is 11.0. The van der Waals surface area contributed by atoms with Gasteiger partial charge in [-0.15, -0.1) is 0 Å². The normalized spacial score (nSPS) is 14.7. The first-order chi connectivity index (χ1) is 9.06. The molecule has 0 amide bonds. The summed E-state index contributed by atoms with van der Waals surface area (Å²) in [5.74, 6) is 0.783. The number of hydrogen-bond acceptors (Lipinski definition) is 2. The average molecular weight is 258 g/mol. The van der Waals surface area contributed by atoms with Crippen molar-refractivity contribution in [1.29, 1.82) is 0 Å². The molecule has 2 aromatic rings. The van der Waals surface area contributed by atoms with Crippen LogP contribution in [0.15, 0.2) is 23.0 Å². The Morgan fingerprint density at radius 1 is 1.32 bits per heavy atom. The second-order valence-corrected chi connectivity index (χ2v) is 5.16. The lowest BCUT2D eigenvalue weighted by Gasteiger charge is -2.10. The molecule has 0 saturated heterocycles. The molecule has 0 aliphatic heterocycles. The SMILES string of the molecule is Cc1ccc(F)cc1-c1nc(C2CC2)[nH]c(=O)c1C. The smallest absolute Gasteiger partial charge is 0.254 e. The number of aryl methyl sites for hydroxylation is 1. The van der Waals surface area contributed by atoms with E-state index >= 15 is 0 Å². The van der Waals surface area contributed by atoms with Gasteiger partial charge in [-0.05, 0) is 44.4 Å². The van der Waals surface area contributed by atoms with Crippen molar-refractivity contribution in [2.45, 2.75) is 32.6 Å². The van der Waals surface area contributed by atoms with E-state index < -0.39 is 0 Å². The van der Waals surface area contributed by atoms with Gasteiger partial charge in [-0.1, -0.05) is 6.07 Å². The second-order valence-electron chi connectivity index (χ2n) is 5.16. The van der Waals surface area contributed by atoms with E-state index in [1.165, 1.54) is 12.1 Å². The van der Waals surface area contributed by atoms with E-state index in [1.54, 1.807) is 13.0 Å². The van der Waals surface area contributed by atoms with Crippen LogP contribution in [0.3, 0.4) is 0 Å². The number of H-pyrrole nitrogens is 1. The van der Waals surface area contributed by atoms with Crippen LogP contribution >= 0.6 is 0 Å². The van der Waals surface area contributed by atoms with Crippen LogP contribution in [0.4, 0.5) is 4.39 Å². The third-order valence-corrected chi connectivity index (χ3v) is 3.59. The molecule has 1 heterocycles. The molecular formula is C15H15FN2O. The van der Waals surface area contributed by atoms with Gasteiger partial charge in [-0.25, -0.2) is 9.37 Å². The molecular weight excluding hydrogens is 243 g/mol. The summed E-state index contributed by atoms with van der Waals surface area (Å²) < 4.78 is 13.4. The molecule has 0 spiro atoms. The monoisotopic (exact) mass is 258 g/mol. The van der Waals surface area contributed by atoms with Gasteiger partial charge in [0.2, 0.25) is 0 Å². The molecule has 0 atom stereocenters. The highest BCUT2D eigenvalue weighted by atomic mass is 19.1. The highest BCUT2D eigenvalue weighted by Crippen LogP contribution is 2.38. The first kappa shape index (κ1) is 12.1. The molecule has 0 radical (unpaired) electrons. The van der Waals surface area contributed by atoms with Crippen molar-refractivity contribution in [3.05, 3.63) is 51.3 Å². The number of hydrogen-bond donors (Lipinski definition) is 1. The molecule has 0 unspecified atom stereocenters. The van der Waals surface area contributed by atoms with Crippen LogP contribution in [-0.2, 0) is 0 Å². The van der Waals surface area contributed by atoms with Crippen LogP contribution in [0.5, 0.6) is 0 Å². The van der Waals surface area contributed by atoms with Crippen molar-refractivity contribution in [1.82, 2.24) is 9.97 Å². The molecule has 3 rings (SSSR count). The molecule has 4 heteroatoms. The second kappa shape index (κ2) is 4.30. The highest BCUT2D eigenvalue weighted by Gasteiger charge is 2.27. The summed E-state index contributed by atoms with van der Waals surface area (Å²) >= 11 is 0. The zero-order chi connectivity index (χ0) is 13.6. The largest absolute Gasteiger partial charge is 0.310 e. The number of aromatic nitrogens is 2. The van der Waals surface area contributed by atoms with Crippen LogP contribution in [0.25, 0.3) is 11.3 Å². The third-order valence-electron chi connectivity index (χ3n) is 3.59. The fraction of sp³-hybridized carbons (Fsp3) is 0.333. The van der Waals surface area contributed by atoms with Crippen molar-refractivity contribution in [2.24, 2.45) is 0 Å². The summed E-state index contributed by atoms with van der Waals surface area (Å²) in [5.41, 5.74) is 2.63. The Labute approximate surface area is 110 Å². The highest BCUT2D eigenvalue weighted by molar-refractivity contribution is 5.66. The standard InChI is InChI=1S/C15H15FN2O/c1-8-3-6-11(16)7-12(8)13-9(2)15(19)18-14(17-13)10-4-5-10/h3,6-7,10H,4-5H2,1-2H3,(H,17,18,19). The van der Waals surface area contributed by atoms with Gasteiger partial charge in [0.25, 0.3) is 5.56 Å². The average Bonchev–Trinajstić information content (AvgIpc) is 3.20. The minimum atomic E-state index is -0.310. The van der Waals surface area contributed by atoms with E-state index in [0.717, 1.165) is 24.2 Å². The quantitative estimate of drug-likeness (QED) is 0.899. The number of nitrogens with one attached hydrogen (secondary N) is 1. The van der Waals surface area contributed by atoms with Gasteiger partial charge >= 0.3 is 0 Å². The van der Waals surface area contributed by atoms with Crippen molar-refractivity contribution >= 4 is 0 Å². The van der Waals surface area contributed by atoms with Crippen LogP contribution in [0.1, 0.15) is 35.7 Å². The molecule has 0 bridgehead atoms. The summed E-state index contributed by atoms with van der Waals surface area (Å²) in [5, 5.41) is 0. The van der Waals surface area contributed by atoms with Gasteiger partial charge in [0.05, 0.1) is 5.69 Å². The number of aromatic amines is 1. The number of rotatable bonds is 2. The van der Waals surface area contributed by atoms with Gasteiger partial charge in [-0.2, -0.15) is 0 Å². The van der Waals surface area contributed by atoms with Gasteiger partial charge in [0.15, 0.2) is 0 Å². The van der Waals surface area contributed by atoms with Gasteiger partial charge in [0, 0.05) is 17.0 Å². The van der Waals surface area contributed by atoms with Crippen molar-refractivity contribution in [3.63, 3.8) is 0 Å². The van der Waals surface area contributed by atoms with E-state index in [1.807, 2.05) is 6.92 Å². The number of nitrogens with zero attached hydrogens (tertiary/aromatic N) is 1. The first-order valence-electron chi connectivity index (χ1n) is 6.43. The summed E-state index contributed by atoms with van der Waals surface area (Å²) in [6, 6.07) is 4.58. The lowest BCUT2D eigenvalue weighted by atomic mass is 10.0. The predicted octanol–water partition coefficient (Wildman–Crippen LogP) is 3.07. The molecule has 1 saturated carbocycles. The maximum atomic E-state index is 13.4. The summed E-state index contributed by atoms with van der Waals surface area (Å²) in [6.07, 6.45) is 2.13. The molecule has 1 aliphatic rings. The summed E-state index contributed by atoms with van der Waals surface area (Å²) in [7, 11) is 0. The van der Waals surface area contributed by atoms with Crippen molar-refractivity contribution < 1.29 is 4.39 Å². The van der Waals surface area contributed by atoms with Crippen LogP contribution < -0.4 is 5.56 Å². The van der Waals surface area contributed by atoms with Crippen molar-refractivity contribution in [3.8, 4) is 11.3 Å². The molecule has 19 heavy (non-hydrogen) atoms. The van der Waals surface area contributed by atoms with E-state index in [2.05, 4.69) is 9.97 Å². The third kappa shape index (κ3) is 2.18. The summed E-state index contributed by atoms with van der Waals surface area (Å²) in [4.78, 5) is 19.3. The molecule has 3 nitrogen and oxygen atoms in total. The Kier molecular flexibility index (Phi) is 2.73. The molecule has 1 aromatic carbocycles. The topological polar surface area (TPSA) is 45.8 Å². The van der Waals surface area contributed by atoms with Gasteiger partial charge < -0.3 is 4.98 Å². The maximum Gasteiger partial charge on any atom is 0.254 e. The molecule has 1 N–H and O–H groups in total. The molecule has 1 fully saturated rings. The Morgan fingerprint density at radius 2 is 2.05 bits per heavy atom. The fourth-order valence-electron chi connectivity index (χ4n) is 2.21. The van der Waals surface area contributed by atoms with E-state index in [4.69, 9.17) is 0 Å². The Balaban J connectivity index is 2.23. The predicted molar refractivity (Wildman–Crippen MR) is 71.7 cm³/mol. The lowest BCUT2D eigenvalue weighted by Crippen LogP contribution is -2.16. The van der Waals surface area contributed by atoms with Crippen LogP contribution in [-0.4, -0.2) is 9.97 Å². The van der Waals surface area contributed by atoms with Crippen LogP contribution in [0.2, 0.25) is 0 Å². The van der Waals surface area contributed by atoms with E-state index in [0.29, 0.717) is 22.7 Å². The Bertz CT molecular complexity index is 702. The number of halogens is 1. The van der Waals surface area contributed by atoms with Gasteiger partial charge in [0.1, 0.15) is 11.6 Å². The first-order valence-corrected chi connectivity index (χ1v) is 6.43. The van der Waals surface area contributed by atoms with E-state index in [9.17, 15) is 9.18 Å². The minimum Gasteiger partial charge on any atom is -0.310 e. The van der Waals surface area contributed by atoms with Crippen molar-refractivity contribution in [2.75, 3.05) is 0 Å². The number of benzene rings is 1. The Morgan fingerprint density at radius 3 is 2.74 bits per heavy atom. The van der Waals surface area contributed by atoms with Gasteiger partial charge in [-0.3, -0.25) is 4.79 Å². The lowest BCUT2D eigenvalue weighted by molar-refractivity contribution is 0.628. The van der Waals surface area contributed by atoms with E-state index in [-0.39, 0.29) is 11.4 Å². The Hall–Kier alpha value is -1.97. The fourth-order valence-corrected chi connectivity index (χ4v) is 2.21. The molecule has 98 valence electrons. The molecule has 1 aromatic heterocycles. The maximum absolute atomic E-state index is 13.4. The van der Waals surface area contributed by atoms with Crippen LogP contribution in [0, 0.1) is 19.7 Å². The molecule has 1 aliphatic carbocycles.